The summed E-state index contributed by atoms with van der Waals surface area (Å²) in [6.45, 7) is 1.98. The standard InChI is InChI=1S/C12H11BrClNOS/c1-8(12-15-10(6-14)7-17-12)16-11-4-2-3-9(13)5-11/h2-5,7-8H,6H2,1H3. The van der Waals surface area contributed by atoms with Gasteiger partial charge in [0.15, 0.2) is 0 Å². The zero-order valence-corrected chi connectivity index (χ0v) is 12.3. The van der Waals surface area contributed by atoms with Crippen LogP contribution in [0.4, 0.5) is 0 Å². The third kappa shape index (κ3) is 3.44. The number of alkyl halides is 1. The van der Waals surface area contributed by atoms with Crippen LogP contribution in [0.15, 0.2) is 34.1 Å². The molecule has 0 saturated heterocycles. The Morgan fingerprint density at radius 1 is 1.53 bits per heavy atom. The lowest BCUT2D eigenvalue weighted by Gasteiger charge is -2.12. The molecule has 1 atom stereocenters. The maximum atomic E-state index is 5.81. The average Bonchev–Trinajstić information content (AvgIpc) is 2.77. The van der Waals surface area contributed by atoms with Gasteiger partial charge in [0.1, 0.15) is 16.9 Å². The highest BCUT2D eigenvalue weighted by Gasteiger charge is 2.12. The highest BCUT2D eigenvalue weighted by Crippen LogP contribution is 2.26. The second-order valence-electron chi connectivity index (χ2n) is 3.53. The fraction of sp³-hybridized carbons (Fsp3) is 0.250. The van der Waals surface area contributed by atoms with E-state index in [2.05, 4.69) is 20.9 Å². The predicted molar refractivity (Wildman–Crippen MR) is 74.9 cm³/mol. The summed E-state index contributed by atoms with van der Waals surface area (Å²) in [6, 6.07) is 7.77. The Labute approximate surface area is 118 Å². The Kier molecular flexibility index (Phi) is 4.42. The van der Waals surface area contributed by atoms with E-state index in [9.17, 15) is 0 Å². The van der Waals surface area contributed by atoms with Gasteiger partial charge in [-0.3, -0.25) is 0 Å². The van der Waals surface area contributed by atoms with Gasteiger partial charge in [0.05, 0.1) is 11.6 Å². The van der Waals surface area contributed by atoms with Crippen molar-refractivity contribution in [1.29, 1.82) is 0 Å². The van der Waals surface area contributed by atoms with Crippen LogP contribution < -0.4 is 4.74 Å². The molecule has 0 aliphatic rings. The van der Waals surface area contributed by atoms with Gasteiger partial charge >= 0.3 is 0 Å². The first-order valence-electron chi connectivity index (χ1n) is 5.11. The summed E-state index contributed by atoms with van der Waals surface area (Å²) in [5, 5.41) is 2.91. The van der Waals surface area contributed by atoms with Crippen LogP contribution in [-0.2, 0) is 5.88 Å². The van der Waals surface area contributed by atoms with Gasteiger partial charge in [0.25, 0.3) is 0 Å². The lowest BCUT2D eigenvalue weighted by atomic mass is 10.3. The maximum absolute atomic E-state index is 5.81. The smallest absolute Gasteiger partial charge is 0.147 e. The number of hydrogen-bond acceptors (Lipinski definition) is 3. The third-order valence-electron chi connectivity index (χ3n) is 2.16. The van der Waals surface area contributed by atoms with Gasteiger partial charge in [0, 0.05) is 9.85 Å². The van der Waals surface area contributed by atoms with E-state index < -0.39 is 0 Å². The number of aromatic nitrogens is 1. The van der Waals surface area contributed by atoms with Crippen LogP contribution in [0, 0.1) is 0 Å². The van der Waals surface area contributed by atoms with Crippen molar-refractivity contribution in [2.75, 3.05) is 0 Å². The molecule has 0 radical (unpaired) electrons. The minimum absolute atomic E-state index is 0.0636. The van der Waals surface area contributed by atoms with Gasteiger partial charge in [-0.1, -0.05) is 22.0 Å². The normalized spacial score (nSPS) is 12.4. The fourth-order valence-corrected chi connectivity index (χ4v) is 2.77. The molecule has 0 amide bonds. The second kappa shape index (κ2) is 5.85. The second-order valence-corrected chi connectivity index (χ2v) is 5.60. The van der Waals surface area contributed by atoms with Crippen molar-refractivity contribution in [3.8, 4) is 5.75 Å². The Hall–Kier alpha value is -0.580. The molecule has 0 fully saturated rings. The average molecular weight is 333 g/mol. The summed E-state index contributed by atoms with van der Waals surface area (Å²) < 4.78 is 6.82. The van der Waals surface area contributed by atoms with E-state index in [1.54, 1.807) is 11.3 Å². The predicted octanol–water partition coefficient (Wildman–Crippen LogP) is 4.78. The molecule has 0 saturated carbocycles. The van der Waals surface area contributed by atoms with Gasteiger partial charge < -0.3 is 4.74 Å². The molecule has 2 aromatic rings. The van der Waals surface area contributed by atoms with E-state index in [4.69, 9.17) is 16.3 Å². The van der Waals surface area contributed by atoms with Gasteiger partial charge in [-0.2, -0.15) is 0 Å². The van der Waals surface area contributed by atoms with E-state index in [0.29, 0.717) is 5.88 Å². The van der Waals surface area contributed by atoms with Crippen LogP contribution in [0.1, 0.15) is 23.7 Å². The molecule has 90 valence electrons. The fourth-order valence-electron chi connectivity index (χ4n) is 1.37. The van der Waals surface area contributed by atoms with E-state index >= 15 is 0 Å². The SMILES string of the molecule is CC(Oc1cccc(Br)c1)c1nc(CCl)cs1. The van der Waals surface area contributed by atoms with Crippen LogP contribution in [0.3, 0.4) is 0 Å². The Morgan fingerprint density at radius 3 is 3.00 bits per heavy atom. The summed E-state index contributed by atoms with van der Waals surface area (Å²) >= 11 is 10.7. The summed E-state index contributed by atoms with van der Waals surface area (Å²) in [5.41, 5.74) is 0.899. The number of rotatable bonds is 4. The Bertz CT molecular complexity index is 503. The lowest BCUT2D eigenvalue weighted by Crippen LogP contribution is -2.02. The van der Waals surface area contributed by atoms with Crippen molar-refractivity contribution in [2.24, 2.45) is 0 Å². The minimum Gasteiger partial charge on any atom is -0.484 e. The molecule has 0 N–H and O–H groups in total. The molecule has 1 aromatic heterocycles. The highest BCUT2D eigenvalue weighted by molar-refractivity contribution is 9.10. The molecule has 1 heterocycles. The third-order valence-corrected chi connectivity index (χ3v) is 3.98. The molecule has 0 spiro atoms. The minimum atomic E-state index is -0.0636. The highest BCUT2D eigenvalue weighted by atomic mass is 79.9. The van der Waals surface area contributed by atoms with Crippen molar-refractivity contribution in [1.82, 2.24) is 4.98 Å². The molecule has 1 aromatic carbocycles. The number of nitrogens with zero attached hydrogens (tertiary/aromatic N) is 1. The monoisotopic (exact) mass is 331 g/mol. The van der Waals surface area contributed by atoms with E-state index in [0.717, 1.165) is 20.9 Å². The molecular weight excluding hydrogens is 322 g/mol. The number of ether oxygens (including phenoxy) is 1. The Balaban J connectivity index is 2.08. The van der Waals surface area contributed by atoms with Crippen LogP contribution in [0.2, 0.25) is 0 Å². The van der Waals surface area contributed by atoms with Crippen LogP contribution in [0.25, 0.3) is 0 Å². The van der Waals surface area contributed by atoms with Crippen LogP contribution in [0.5, 0.6) is 5.75 Å². The Morgan fingerprint density at radius 2 is 2.35 bits per heavy atom. The molecule has 1 unspecified atom stereocenters. The number of hydrogen-bond donors (Lipinski definition) is 0. The van der Waals surface area contributed by atoms with Crippen LogP contribution in [-0.4, -0.2) is 4.98 Å². The molecule has 17 heavy (non-hydrogen) atoms. The van der Waals surface area contributed by atoms with Crippen molar-refractivity contribution in [3.63, 3.8) is 0 Å². The lowest BCUT2D eigenvalue weighted by molar-refractivity contribution is 0.226. The van der Waals surface area contributed by atoms with Crippen molar-refractivity contribution < 1.29 is 4.74 Å². The van der Waals surface area contributed by atoms with Gasteiger partial charge in [-0.15, -0.1) is 22.9 Å². The summed E-state index contributed by atoms with van der Waals surface area (Å²) in [7, 11) is 0. The van der Waals surface area contributed by atoms with Gasteiger partial charge in [0.2, 0.25) is 0 Å². The molecule has 5 heteroatoms. The largest absolute Gasteiger partial charge is 0.484 e. The number of benzene rings is 1. The van der Waals surface area contributed by atoms with Crippen molar-refractivity contribution >= 4 is 38.9 Å². The van der Waals surface area contributed by atoms with Gasteiger partial charge in [-0.05, 0) is 25.1 Å². The summed E-state index contributed by atoms with van der Waals surface area (Å²) in [4.78, 5) is 4.40. The quantitative estimate of drug-likeness (QED) is 0.751. The number of halogens is 2. The maximum Gasteiger partial charge on any atom is 0.147 e. The molecule has 2 rings (SSSR count). The topological polar surface area (TPSA) is 22.1 Å². The first-order valence-corrected chi connectivity index (χ1v) is 7.32. The van der Waals surface area contributed by atoms with E-state index in [-0.39, 0.29) is 6.10 Å². The first kappa shape index (κ1) is 12.9. The zero-order chi connectivity index (χ0) is 12.3. The van der Waals surface area contributed by atoms with E-state index in [1.807, 2.05) is 36.6 Å². The summed E-state index contributed by atoms with van der Waals surface area (Å²) in [6.07, 6.45) is -0.0636. The van der Waals surface area contributed by atoms with Crippen LogP contribution >= 0.6 is 38.9 Å². The first-order chi connectivity index (χ1) is 8.19. The number of thiazole rings is 1. The van der Waals surface area contributed by atoms with E-state index in [1.165, 1.54) is 0 Å². The summed E-state index contributed by atoms with van der Waals surface area (Å²) in [5.74, 6) is 1.27. The molecule has 2 nitrogen and oxygen atoms in total. The molecular formula is C12H11BrClNOS. The van der Waals surface area contributed by atoms with Gasteiger partial charge in [-0.25, -0.2) is 4.98 Å². The van der Waals surface area contributed by atoms with Crippen molar-refractivity contribution in [3.05, 3.63) is 44.8 Å². The molecule has 0 aliphatic heterocycles. The van der Waals surface area contributed by atoms with Crippen molar-refractivity contribution in [2.45, 2.75) is 18.9 Å². The zero-order valence-electron chi connectivity index (χ0n) is 9.19. The molecule has 0 aliphatic carbocycles. The molecule has 0 bridgehead atoms.